The summed E-state index contributed by atoms with van der Waals surface area (Å²) >= 11 is 7.57. The van der Waals surface area contributed by atoms with Crippen molar-refractivity contribution in [2.24, 2.45) is 5.41 Å². The van der Waals surface area contributed by atoms with Crippen molar-refractivity contribution in [1.82, 2.24) is 0 Å². The number of thiol groups is 2. The van der Waals surface area contributed by atoms with Crippen LogP contribution in [0.2, 0.25) is 0 Å². The molecule has 100 valence electrons. The summed E-state index contributed by atoms with van der Waals surface area (Å²) in [5.41, 5.74) is -0.841. The van der Waals surface area contributed by atoms with Gasteiger partial charge in [0.1, 0.15) is 0 Å². The van der Waals surface area contributed by atoms with Crippen molar-refractivity contribution in [2.45, 2.75) is 52.6 Å². The van der Waals surface area contributed by atoms with Gasteiger partial charge in [0.15, 0.2) is 10.2 Å². The normalized spacial score (nSPS) is 12.6. The lowest BCUT2D eigenvalue weighted by Crippen LogP contribution is -2.29. The summed E-state index contributed by atoms with van der Waals surface area (Å²) in [6.45, 7) is 8.03. The molecular formula is C12H22O3S2. The quantitative estimate of drug-likeness (QED) is 0.671. The molecule has 0 saturated heterocycles. The Bertz CT molecular complexity index is 285. The minimum absolute atomic E-state index is 0.132. The Hall–Kier alpha value is -0.000000000000000111. The van der Waals surface area contributed by atoms with Gasteiger partial charge >= 0.3 is 0 Å². The highest BCUT2D eigenvalue weighted by Crippen LogP contribution is 2.25. The maximum absolute atomic E-state index is 11.2. The minimum atomic E-state index is -0.474. The molecule has 0 spiro atoms. The Balaban J connectivity index is 4.02. The molecule has 0 aliphatic carbocycles. The topological polar surface area (TPSA) is 43.4 Å². The molecule has 0 aromatic heterocycles. The second-order valence-corrected chi connectivity index (χ2v) is 6.35. The van der Waals surface area contributed by atoms with E-state index in [0.29, 0.717) is 25.9 Å². The average Bonchev–Trinajstić information content (AvgIpc) is 2.14. The molecule has 0 amide bonds. The zero-order valence-electron chi connectivity index (χ0n) is 10.9. The molecule has 0 fully saturated rings. The first kappa shape index (κ1) is 17.0. The lowest BCUT2D eigenvalue weighted by atomic mass is 9.91. The van der Waals surface area contributed by atoms with Gasteiger partial charge in [-0.3, -0.25) is 9.59 Å². The van der Waals surface area contributed by atoms with Gasteiger partial charge in [-0.2, -0.15) is 0 Å². The molecule has 0 saturated carbocycles. The lowest BCUT2D eigenvalue weighted by Gasteiger charge is -2.27. The van der Waals surface area contributed by atoms with E-state index in [0.717, 1.165) is 0 Å². The van der Waals surface area contributed by atoms with Crippen LogP contribution in [0.5, 0.6) is 0 Å². The number of ether oxygens (including phenoxy) is 1. The van der Waals surface area contributed by atoms with Gasteiger partial charge in [0.25, 0.3) is 0 Å². The molecule has 5 heteroatoms. The number of carbonyl (C=O) groups is 2. The fourth-order valence-electron chi connectivity index (χ4n) is 1.17. The standard InChI is InChI=1S/C12H22O3S2/c1-11(2,10(14)17)7-8-15-12(3,4)6-5-9(13)16/h5-8H2,1-4H3,(H,13,16)(H,14,17). The molecule has 0 N–H and O–H groups in total. The van der Waals surface area contributed by atoms with Gasteiger partial charge in [-0.25, -0.2) is 0 Å². The number of carbonyl (C=O) groups excluding carboxylic acids is 2. The van der Waals surface area contributed by atoms with Crippen LogP contribution in [0.4, 0.5) is 0 Å². The van der Waals surface area contributed by atoms with Gasteiger partial charge in [0, 0.05) is 18.4 Å². The third kappa shape index (κ3) is 7.84. The summed E-state index contributed by atoms with van der Waals surface area (Å²) in [5.74, 6) is 0. The molecular weight excluding hydrogens is 256 g/mol. The maximum atomic E-state index is 11.2. The molecule has 0 atom stereocenters. The summed E-state index contributed by atoms with van der Waals surface area (Å²) in [5, 5.41) is -0.267. The lowest BCUT2D eigenvalue weighted by molar-refractivity contribution is -0.120. The van der Waals surface area contributed by atoms with Crippen molar-refractivity contribution in [3.63, 3.8) is 0 Å². The van der Waals surface area contributed by atoms with Gasteiger partial charge in [0.2, 0.25) is 0 Å². The molecule has 0 aliphatic rings. The first-order valence-corrected chi connectivity index (χ1v) is 6.55. The molecule has 0 aliphatic heterocycles. The molecule has 0 aromatic rings. The fraction of sp³-hybridized carbons (Fsp3) is 0.833. The van der Waals surface area contributed by atoms with E-state index in [1.54, 1.807) is 0 Å². The highest BCUT2D eigenvalue weighted by Gasteiger charge is 2.26. The van der Waals surface area contributed by atoms with Crippen molar-refractivity contribution >= 4 is 35.5 Å². The molecule has 0 rings (SSSR count). The van der Waals surface area contributed by atoms with Crippen LogP contribution in [-0.4, -0.2) is 22.4 Å². The molecule has 0 radical (unpaired) electrons. The third-order valence-electron chi connectivity index (χ3n) is 2.74. The summed E-state index contributed by atoms with van der Waals surface area (Å²) in [7, 11) is 0. The molecule has 0 heterocycles. The summed E-state index contributed by atoms with van der Waals surface area (Å²) < 4.78 is 5.69. The van der Waals surface area contributed by atoms with E-state index in [2.05, 4.69) is 25.3 Å². The smallest absolute Gasteiger partial charge is 0.191 e. The van der Waals surface area contributed by atoms with E-state index < -0.39 is 5.41 Å². The Labute approximate surface area is 115 Å². The van der Waals surface area contributed by atoms with E-state index in [-0.39, 0.29) is 15.8 Å². The minimum Gasteiger partial charge on any atom is -0.376 e. The van der Waals surface area contributed by atoms with Crippen LogP contribution in [0.3, 0.4) is 0 Å². The average molecular weight is 278 g/mol. The van der Waals surface area contributed by atoms with Gasteiger partial charge in [-0.05, 0) is 26.7 Å². The Morgan fingerprint density at radius 3 is 2.00 bits per heavy atom. The van der Waals surface area contributed by atoms with Crippen LogP contribution in [0.15, 0.2) is 0 Å². The second kappa shape index (κ2) is 6.81. The zero-order valence-corrected chi connectivity index (χ0v) is 12.7. The summed E-state index contributed by atoms with van der Waals surface area (Å²) in [6, 6.07) is 0. The Morgan fingerprint density at radius 2 is 1.59 bits per heavy atom. The first-order valence-electron chi connectivity index (χ1n) is 5.66. The van der Waals surface area contributed by atoms with Crippen molar-refractivity contribution in [3.8, 4) is 0 Å². The maximum Gasteiger partial charge on any atom is 0.191 e. The second-order valence-electron chi connectivity index (χ2n) is 5.44. The zero-order chi connectivity index (χ0) is 13.7. The van der Waals surface area contributed by atoms with E-state index in [4.69, 9.17) is 4.74 Å². The fourth-order valence-corrected chi connectivity index (χ4v) is 1.39. The summed E-state index contributed by atoms with van der Waals surface area (Å²) in [4.78, 5) is 22.0. The predicted octanol–water partition coefficient (Wildman–Crippen LogP) is 2.89. The van der Waals surface area contributed by atoms with Crippen LogP contribution in [0, 0.1) is 5.41 Å². The van der Waals surface area contributed by atoms with Crippen LogP contribution >= 0.6 is 25.3 Å². The van der Waals surface area contributed by atoms with E-state index >= 15 is 0 Å². The van der Waals surface area contributed by atoms with Gasteiger partial charge in [-0.15, -0.1) is 25.3 Å². The van der Waals surface area contributed by atoms with Crippen LogP contribution < -0.4 is 0 Å². The molecule has 0 aromatic carbocycles. The van der Waals surface area contributed by atoms with Crippen molar-refractivity contribution in [1.29, 1.82) is 0 Å². The van der Waals surface area contributed by atoms with Gasteiger partial charge in [-0.1, -0.05) is 13.8 Å². The van der Waals surface area contributed by atoms with Gasteiger partial charge in [0.05, 0.1) is 5.60 Å². The third-order valence-corrected chi connectivity index (χ3v) is 3.57. The van der Waals surface area contributed by atoms with Crippen molar-refractivity contribution in [2.75, 3.05) is 6.61 Å². The van der Waals surface area contributed by atoms with E-state index in [1.807, 2.05) is 27.7 Å². The number of hydrogen-bond acceptors (Lipinski definition) is 3. The monoisotopic (exact) mass is 278 g/mol. The highest BCUT2D eigenvalue weighted by molar-refractivity contribution is 7.96. The first-order chi connectivity index (χ1) is 7.57. The van der Waals surface area contributed by atoms with E-state index in [9.17, 15) is 9.59 Å². The Kier molecular flexibility index (Phi) is 6.81. The van der Waals surface area contributed by atoms with Gasteiger partial charge < -0.3 is 4.74 Å². The Morgan fingerprint density at radius 1 is 1.06 bits per heavy atom. The molecule has 3 nitrogen and oxygen atoms in total. The van der Waals surface area contributed by atoms with Crippen molar-refractivity contribution < 1.29 is 14.3 Å². The number of hydrogen-bond donors (Lipinski definition) is 2. The van der Waals surface area contributed by atoms with E-state index in [1.165, 1.54) is 0 Å². The molecule has 0 bridgehead atoms. The molecule has 17 heavy (non-hydrogen) atoms. The van der Waals surface area contributed by atoms with Crippen LogP contribution in [0.25, 0.3) is 0 Å². The largest absolute Gasteiger partial charge is 0.376 e. The van der Waals surface area contributed by atoms with Crippen LogP contribution in [-0.2, 0) is 14.3 Å². The SMILES string of the molecule is CC(C)(CCC(=O)S)OCCC(C)(C)C(=O)S. The number of rotatable bonds is 8. The van der Waals surface area contributed by atoms with Crippen molar-refractivity contribution in [3.05, 3.63) is 0 Å². The molecule has 0 unspecified atom stereocenters. The summed E-state index contributed by atoms with van der Waals surface area (Å²) in [6.07, 6.45) is 1.64. The van der Waals surface area contributed by atoms with Crippen LogP contribution in [0.1, 0.15) is 47.0 Å². The highest BCUT2D eigenvalue weighted by atomic mass is 32.1. The predicted molar refractivity (Wildman–Crippen MR) is 75.6 cm³/mol.